The lowest BCUT2D eigenvalue weighted by Gasteiger charge is -2.22. The molecule has 0 heterocycles. The van der Waals surface area contributed by atoms with Gasteiger partial charge in [-0.2, -0.15) is 0 Å². The van der Waals surface area contributed by atoms with Gasteiger partial charge in [0.25, 0.3) is 0 Å². The standard InChI is InChI=1S/C21H26ClN3O4/c1-24(12-15-6-5-7-17(10-15)28-3)14-21(27)25(2)13-20(26)23-18-11-16(22)8-9-19(18)29-4/h5-11H,12-14H2,1-4H3,(H,23,26). The van der Waals surface area contributed by atoms with E-state index < -0.39 is 0 Å². The van der Waals surface area contributed by atoms with Gasteiger partial charge in [0.1, 0.15) is 11.5 Å². The Morgan fingerprint density at radius 1 is 1.03 bits per heavy atom. The third-order valence-corrected chi connectivity index (χ3v) is 4.47. The molecule has 0 aromatic heterocycles. The number of ether oxygens (including phenoxy) is 2. The van der Waals surface area contributed by atoms with Gasteiger partial charge >= 0.3 is 0 Å². The van der Waals surface area contributed by atoms with Gasteiger partial charge in [0.2, 0.25) is 11.8 Å². The van der Waals surface area contributed by atoms with Crippen molar-refractivity contribution in [3.63, 3.8) is 0 Å². The summed E-state index contributed by atoms with van der Waals surface area (Å²) >= 11 is 5.97. The lowest BCUT2D eigenvalue weighted by molar-refractivity contribution is -0.134. The number of hydrogen-bond donors (Lipinski definition) is 1. The number of carbonyl (C=O) groups is 2. The quantitative estimate of drug-likeness (QED) is 0.676. The van der Waals surface area contributed by atoms with Crippen molar-refractivity contribution in [3.05, 3.63) is 53.1 Å². The molecule has 1 N–H and O–H groups in total. The number of rotatable bonds is 9. The van der Waals surface area contributed by atoms with Gasteiger partial charge in [0.15, 0.2) is 0 Å². The Morgan fingerprint density at radius 3 is 2.48 bits per heavy atom. The largest absolute Gasteiger partial charge is 0.497 e. The third kappa shape index (κ3) is 6.96. The summed E-state index contributed by atoms with van der Waals surface area (Å²) in [6, 6.07) is 12.6. The zero-order valence-corrected chi connectivity index (χ0v) is 17.8. The monoisotopic (exact) mass is 419 g/mol. The van der Waals surface area contributed by atoms with Crippen LogP contribution in [0, 0.1) is 0 Å². The molecule has 7 nitrogen and oxygen atoms in total. The van der Waals surface area contributed by atoms with E-state index in [0.29, 0.717) is 23.0 Å². The third-order valence-electron chi connectivity index (χ3n) is 4.23. The molecule has 156 valence electrons. The van der Waals surface area contributed by atoms with Gasteiger partial charge in [-0.25, -0.2) is 0 Å². The van der Waals surface area contributed by atoms with E-state index in [2.05, 4.69) is 5.32 Å². The van der Waals surface area contributed by atoms with Crippen LogP contribution in [-0.2, 0) is 16.1 Å². The van der Waals surface area contributed by atoms with Crippen molar-refractivity contribution >= 4 is 29.1 Å². The van der Waals surface area contributed by atoms with Gasteiger partial charge in [0.05, 0.1) is 33.0 Å². The maximum Gasteiger partial charge on any atom is 0.244 e. The van der Waals surface area contributed by atoms with Crippen LogP contribution in [0.15, 0.2) is 42.5 Å². The number of anilines is 1. The SMILES string of the molecule is COc1cccc(CN(C)CC(=O)N(C)CC(=O)Nc2cc(Cl)ccc2OC)c1. The fourth-order valence-corrected chi connectivity index (χ4v) is 2.93. The highest BCUT2D eigenvalue weighted by molar-refractivity contribution is 6.31. The number of likely N-dealkylation sites (N-methyl/N-ethyl adjacent to an activating group) is 2. The van der Waals surface area contributed by atoms with Crippen LogP contribution in [0.2, 0.25) is 5.02 Å². The fraction of sp³-hybridized carbons (Fsp3) is 0.333. The van der Waals surface area contributed by atoms with E-state index in [9.17, 15) is 9.59 Å². The topological polar surface area (TPSA) is 71.1 Å². The number of halogens is 1. The Kier molecular flexibility index (Phi) is 8.30. The molecule has 0 aliphatic rings. The van der Waals surface area contributed by atoms with Crippen LogP contribution in [-0.4, -0.2) is 63.0 Å². The smallest absolute Gasteiger partial charge is 0.244 e. The lowest BCUT2D eigenvalue weighted by atomic mass is 10.2. The predicted octanol–water partition coefficient (Wildman–Crippen LogP) is 2.89. The molecule has 2 aromatic rings. The highest BCUT2D eigenvalue weighted by Crippen LogP contribution is 2.27. The van der Waals surface area contributed by atoms with Crippen molar-refractivity contribution in [3.8, 4) is 11.5 Å². The summed E-state index contributed by atoms with van der Waals surface area (Å²) in [4.78, 5) is 28.1. The summed E-state index contributed by atoms with van der Waals surface area (Å²) in [7, 11) is 6.57. The number of methoxy groups -OCH3 is 2. The molecule has 2 rings (SSSR count). The number of nitrogens with zero attached hydrogens (tertiary/aromatic N) is 2. The Balaban J connectivity index is 1.87. The maximum absolute atomic E-state index is 12.5. The first kappa shape index (κ1) is 22.5. The van der Waals surface area contributed by atoms with Crippen LogP contribution in [0.5, 0.6) is 11.5 Å². The van der Waals surface area contributed by atoms with Crippen molar-refractivity contribution in [1.82, 2.24) is 9.80 Å². The van der Waals surface area contributed by atoms with E-state index in [4.69, 9.17) is 21.1 Å². The minimum atomic E-state index is -0.336. The Hall–Kier alpha value is -2.77. The number of hydrogen-bond acceptors (Lipinski definition) is 5. The Labute approximate surface area is 176 Å². The van der Waals surface area contributed by atoms with E-state index in [-0.39, 0.29) is 24.9 Å². The van der Waals surface area contributed by atoms with Crippen LogP contribution < -0.4 is 14.8 Å². The highest BCUT2D eigenvalue weighted by Gasteiger charge is 2.16. The molecule has 0 bridgehead atoms. The highest BCUT2D eigenvalue weighted by atomic mass is 35.5. The summed E-state index contributed by atoms with van der Waals surface area (Å²) in [5, 5.41) is 3.20. The molecule has 0 aliphatic carbocycles. The summed E-state index contributed by atoms with van der Waals surface area (Å²) < 4.78 is 10.4. The minimum absolute atomic E-state index is 0.0818. The normalized spacial score (nSPS) is 10.6. The van der Waals surface area contributed by atoms with E-state index in [1.165, 1.54) is 12.0 Å². The number of carbonyl (C=O) groups excluding carboxylic acids is 2. The molecule has 29 heavy (non-hydrogen) atoms. The molecule has 0 unspecified atom stereocenters. The molecule has 2 amide bonds. The van der Waals surface area contributed by atoms with Crippen molar-refractivity contribution in [2.75, 3.05) is 46.7 Å². The number of benzene rings is 2. The zero-order chi connectivity index (χ0) is 21.4. The summed E-state index contributed by atoms with van der Waals surface area (Å²) in [5.74, 6) is 0.766. The first-order valence-electron chi connectivity index (χ1n) is 9.01. The summed E-state index contributed by atoms with van der Waals surface area (Å²) in [6.07, 6.45) is 0. The second kappa shape index (κ2) is 10.7. The van der Waals surface area contributed by atoms with Crippen molar-refractivity contribution < 1.29 is 19.1 Å². The molecule has 0 spiro atoms. The van der Waals surface area contributed by atoms with Crippen LogP contribution in [0.4, 0.5) is 5.69 Å². The van der Waals surface area contributed by atoms with Crippen LogP contribution in [0.3, 0.4) is 0 Å². The van der Waals surface area contributed by atoms with Gasteiger partial charge in [-0.1, -0.05) is 23.7 Å². The van der Waals surface area contributed by atoms with E-state index in [1.807, 2.05) is 36.2 Å². The van der Waals surface area contributed by atoms with Crippen LogP contribution in [0.25, 0.3) is 0 Å². The Morgan fingerprint density at radius 2 is 1.79 bits per heavy atom. The first-order valence-corrected chi connectivity index (χ1v) is 9.39. The van der Waals surface area contributed by atoms with E-state index in [0.717, 1.165) is 11.3 Å². The average molecular weight is 420 g/mol. The number of amides is 2. The molecular formula is C21H26ClN3O4. The average Bonchev–Trinajstić information content (AvgIpc) is 2.68. The van der Waals surface area contributed by atoms with Gasteiger partial charge in [-0.15, -0.1) is 0 Å². The number of nitrogens with one attached hydrogen (secondary N) is 1. The molecule has 2 aromatic carbocycles. The van der Waals surface area contributed by atoms with Gasteiger partial charge in [-0.3, -0.25) is 14.5 Å². The minimum Gasteiger partial charge on any atom is -0.497 e. The van der Waals surface area contributed by atoms with Gasteiger partial charge < -0.3 is 19.7 Å². The maximum atomic E-state index is 12.5. The molecule has 8 heteroatoms. The zero-order valence-electron chi connectivity index (χ0n) is 17.1. The summed E-state index contributed by atoms with van der Waals surface area (Å²) in [6.45, 7) is 0.686. The van der Waals surface area contributed by atoms with E-state index >= 15 is 0 Å². The molecule has 0 fully saturated rings. The molecule has 0 saturated heterocycles. The summed E-state index contributed by atoms with van der Waals surface area (Å²) in [5.41, 5.74) is 1.49. The fourth-order valence-electron chi connectivity index (χ4n) is 2.76. The van der Waals surface area contributed by atoms with Crippen molar-refractivity contribution in [1.29, 1.82) is 0 Å². The molecular weight excluding hydrogens is 394 g/mol. The predicted molar refractivity (Wildman–Crippen MR) is 114 cm³/mol. The van der Waals surface area contributed by atoms with Crippen molar-refractivity contribution in [2.24, 2.45) is 0 Å². The van der Waals surface area contributed by atoms with Gasteiger partial charge in [0, 0.05) is 18.6 Å². The first-order chi connectivity index (χ1) is 13.8. The van der Waals surface area contributed by atoms with E-state index in [1.54, 1.807) is 32.4 Å². The van der Waals surface area contributed by atoms with Crippen molar-refractivity contribution in [2.45, 2.75) is 6.54 Å². The Bertz CT molecular complexity index is 860. The molecule has 0 saturated carbocycles. The van der Waals surface area contributed by atoms with Gasteiger partial charge in [-0.05, 0) is 42.9 Å². The molecule has 0 radical (unpaired) electrons. The molecule has 0 atom stereocenters. The second-order valence-corrected chi connectivity index (χ2v) is 7.10. The lowest BCUT2D eigenvalue weighted by Crippen LogP contribution is -2.40. The van der Waals surface area contributed by atoms with Crippen LogP contribution in [0.1, 0.15) is 5.56 Å². The second-order valence-electron chi connectivity index (χ2n) is 6.67. The van der Waals surface area contributed by atoms with Crippen LogP contribution >= 0.6 is 11.6 Å². The molecule has 0 aliphatic heterocycles.